The molecule has 4 nitrogen and oxygen atoms in total. The molecule has 0 aliphatic rings. The Kier molecular flexibility index (Phi) is 2.47. The zero-order valence-corrected chi connectivity index (χ0v) is 8.29. The lowest BCUT2D eigenvalue weighted by Crippen LogP contribution is -1.99. The molecule has 0 amide bonds. The third-order valence-electron chi connectivity index (χ3n) is 1.71. The Morgan fingerprint density at radius 1 is 1.38 bits per heavy atom. The van der Waals surface area contributed by atoms with Gasteiger partial charge in [-0.3, -0.25) is 0 Å². The van der Waals surface area contributed by atoms with Crippen molar-refractivity contribution in [1.29, 1.82) is 0 Å². The number of hydrogen-bond acceptors (Lipinski definition) is 3. The summed E-state index contributed by atoms with van der Waals surface area (Å²) in [7, 11) is 0. The molecule has 3 N–H and O–H groups in total. The number of carboxylic acid groups (broad SMARTS) is 1. The molecule has 0 aromatic heterocycles. The van der Waals surface area contributed by atoms with Gasteiger partial charge < -0.3 is 15.3 Å². The number of rotatable bonds is 1. The Hall–Kier alpha value is -1.23. The van der Waals surface area contributed by atoms with Crippen LogP contribution in [-0.2, 0) is 0 Å². The molecule has 70 valence electrons. The predicted octanol–water partition coefficient (Wildman–Crippen LogP) is 1.87. The van der Waals surface area contributed by atoms with Gasteiger partial charge in [-0.1, -0.05) is 0 Å². The Morgan fingerprint density at radius 3 is 2.38 bits per heavy atom. The second-order valence-corrected chi connectivity index (χ2v) is 3.39. The van der Waals surface area contributed by atoms with E-state index in [1.54, 1.807) is 0 Å². The first kappa shape index (κ1) is 9.85. The monoisotopic (exact) mass is 246 g/mol. The van der Waals surface area contributed by atoms with Crippen molar-refractivity contribution in [2.45, 2.75) is 6.92 Å². The lowest BCUT2D eigenvalue weighted by molar-refractivity contribution is 0.0695. The van der Waals surface area contributed by atoms with Crippen molar-refractivity contribution in [3.63, 3.8) is 0 Å². The van der Waals surface area contributed by atoms with Gasteiger partial charge >= 0.3 is 5.97 Å². The standard InChI is InChI=1S/C8H7BrO4/c1-3-4(8(12)13)2-5(9)7(11)6(3)10/h2,10-11H,1H3,(H,12,13). The highest BCUT2D eigenvalue weighted by Crippen LogP contribution is 2.37. The van der Waals surface area contributed by atoms with Gasteiger partial charge in [0.15, 0.2) is 11.5 Å². The molecule has 5 heteroatoms. The van der Waals surface area contributed by atoms with Gasteiger partial charge in [-0.05, 0) is 28.9 Å². The number of carboxylic acids is 1. The Labute approximate surface area is 82.6 Å². The van der Waals surface area contributed by atoms with Crippen LogP contribution < -0.4 is 0 Å². The summed E-state index contributed by atoms with van der Waals surface area (Å²) < 4.78 is 0.160. The lowest BCUT2D eigenvalue weighted by atomic mass is 10.1. The number of aromatic carboxylic acids is 1. The number of benzene rings is 1. The van der Waals surface area contributed by atoms with Gasteiger partial charge in [0.2, 0.25) is 0 Å². The summed E-state index contributed by atoms with van der Waals surface area (Å²) in [6.07, 6.45) is 0. The molecule has 0 radical (unpaired) electrons. The van der Waals surface area contributed by atoms with Crippen molar-refractivity contribution in [2.75, 3.05) is 0 Å². The van der Waals surface area contributed by atoms with Crippen LogP contribution in [-0.4, -0.2) is 21.3 Å². The van der Waals surface area contributed by atoms with Crippen LogP contribution in [0.1, 0.15) is 15.9 Å². The van der Waals surface area contributed by atoms with Crippen LogP contribution in [0, 0.1) is 6.92 Å². The molecule has 0 atom stereocenters. The minimum atomic E-state index is -1.14. The number of carbonyl (C=O) groups is 1. The van der Waals surface area contributed by atoms with Crippen LogP contribution in [0.15, 0.2) is 10.5 Å². The number of phenolic OH excluding ortho intramolecular Hbond substituents is 2. The molecule has 1 rings (SSSR count). The molecule has 0 aliphatic carbocycles. The molecular formula is C8H7BrO4. The number of hydrogen-bond donors (Lipinski definition) is 3. The van der Waals surface area contributed by atoms with E-state index in [4.69, 9.17) is 5.11 Å². The number of aromatic hydroxyl groups is 2. The van der Waals surface area contributed by atoms with Crippen LogP contribution in [0.25, 0.3) is 0 Å². The topological polar surface area (TPSA) is 77.8 Å². The Balaban J connectivity index is 3.50. The summed E-state index contributed by atoms with van der Waals surface area (Å²) in [5.41, 5.74) is 0.107. The van der Waals surface area contributed by atoms with E-state index >= 15 is 0 Å². The van der Waals surface area contributed by atoms with E-state index in [1.807, 2.05) is 0 Å². The van der Waals surface area contributed by atoms with E-state index in [-0.39, 0.29) is 21.3 Å². The zero-order chi connectivity index (χ0) is 10.2. The summed E-state index contributed by atoms with van der Waals surface area (Å²) in [5.74, 6) is -1.90. The minimum Gasteiger partial charge on any atom is -0.504 e. The van der Waals surface area contributed by atoms with E-state index in [0.717, 1.165) is 0 Å². The summed E-state index contributed by atoms with van der Waals surface area (Å²) in [5, 5.41) is 27.2. The molecule has 1 aromatic rings. The van der Waals surface area contributed by atoms with Crippen LogP contribution in [0.2, 0.25) is 0 Å². The maximum atomic E-state index is 10.6. The molecule has 1 aromatic carbocycles. The highest BCUT2D eigenvalue weighted by molar-refractivity contribution is 9.10. The van der Waals surface area contributed by atoms with Crippen LogP contribution in [0.4, 0.5) is 0 Å². The Bertz CT molecular complexity index is 373. The maximum Gasteiger partial charge on any atom is 0.336 e. The van der Waals surface area contributed by atoms with E-state index in [1.165, 1.54) is 13.0 Å². The van der Waals surface area contributed by atoms with Crippen LogP contribution in [0.3, 0.4) is 0 Å². The van der Waals surface area contributed by atoms with Crippen molar-refractivity contribution in [1.82, 2.24) is 0 Å². The van der Waals surface area contributed by atoms with E-state index < -0.39 is 11.7 Å². The molecule has 13 heavy (non-hydrogen) atoms. The normalized spacial score (nSPS) is 10.0. The molecule has 0 unspecified atom stereocenters. The summed E-state index contributed by atoms with van der Waals surface area (Å²) >= 11 is 2.93. The van der Waals surface area contributed by atoms with Crippen molar-refractivity contribution < 1.29 is 20.1 Å². The highest BCUT2D eigenvalue weighted by Gasteiger charge is 2.16. The zero-order valence-electron chi connectivity index (χ0n) is 6.71. The molecule has 0 saturated heterocycles. The van der Waals surface area contributed by atoms with Crippen molar-refractivity contribution in [2.24, 2.45) is 0 Å². The third-order valence-corrected chi connectivity index (χ3v) is 2.32. The molecular weight excluding hydrogens is 240 g/mol. The average molecular weight is 247 g/mol. The van der Waals surface area contributed by atoms with Crippen LogP contribution in [0.5, 0.6) is 11.5 Å². The number of halogens is 1. The van der Waals surface area contributed by atoms with Gasteiger partial charge in [0, 0.05) is 5.56 Å². The summed E-state index contributed by atoms with van der Waals surface area (Å²) in [4.78, 5) is 10.6. The molecule has 0 saturated carbocycles. The fraction of sp³-hybridized carbons (Fsp3) is 0.125. The highest BCUT2D eigenvalue weighted by atomic mass is 79.9. The minimum absolute atomic E-state index is 0.0397. The fourth-order valence-corrected chi connectivity index (χ4v) is 1.36. The first-order valence-electron chi connectivity index (χ1n) is 3.39. The second kappa shape index (κ2) is 3.26. The van der Waals surface area contributed by atoms with Gasteiger partial charge in [0.05, 0.1) is 10.0 Å². The van der Waals surface area contributed by atoms with Gasteiger partial charge in [0.1, 0.15) is 0 Å². The van der Waals surface area contributed by atoms with E-state index in [2.05, 4.69) is 15.9 Å². The predicted molar refractivity (Wildman–Crippen MR) is 49.2 cm³/mol. The largest absolute Gasteiger partial charge is 0.504 e. The van der Waals surface area contributed by atoms with Gasteiger partial charge in [-0.15, -0.1) is 0 Å². The fourth-order valence-electron chi connectivity index (χ4n) is 0.944. The smallest absolute Gasteiger partial charge is 0.336 e. The third kappa shape index (κ3) is 1.60. The van der Waals surface area contributed by atoms with Crippen molar-refractivity contribution in [3.05, 3.63) is 21.7 Å². The molecule has 0 aliphatic heterocycles. The maximum absolute atomic E-state index is 10.6. The van der Waals surface area contributed by atoms with Gasteiger partial charge in [-0.25, -0.2) is 4.79 Å². The van der Waals surface area contributed by atoms with E-state index in [0.29, 0.717) is 0 Å². The average Bonchev–Trinajstić information content (AvgIpc) is 2.07. The summed E-state index contributed by atoms with van der Waals surface area (Å²) in [6, 6.07) is 1.24. The number of phenols is 2. The van der Waals surface area contributed by atoms with Crippen molar-refractivity contribution in [3.8, 4) is 11.5 Å². The lowest BCUT2D eigenvalue weighted by Gasteiger charge is -2.06. The molecule has 0 bridgehead atoms. The first-order chi connectivity index (χ1) is 5.95. The Morgan fingerprint density at radius 2 is 1.92 bits per heavy atom. The first-order valence-corrected chi connectivity index (χ1v) is 4.18. The van der Waals surface area contributed by atoms with E-state index in [9.17, 15) is 15.0 Å². The van der Waals surface area contributed by atoms with Gasteiger partial charge in [0.25, 0.3) is 0 Å². The molecule has 0 spiro atoms. The summed E-state index contributed by atoms with van der Waals surface area (Å²) in [6.45, 7) is 1.42. The van der Waals surface area contributed by atoms with Crippen molar-refractivity contribution >= 4 is 21.9 Å². The second-order valence-electron chi connectivity index (χ2n) is 2.53. The van der Waals surface area contributed by atoms with Gasteiger partial charge in [-0.2, -0.15) is 0 Å². The van der Waals surface area contributed by atoms with Crippen LogP contribution >= 0.6 is 15.9 Å². The molecule has 0 heterocycles. The quantitative estimate of drug-likeness (QED) is 0.662. The SMILES string of the molecule is Cc1c(C(=O)O)cc(Br)c(O)c1O. The molecule has 0 fully saturated rings.